The number of aromatic nitrogens is 4. The summed E-state index contributed by atoms with van der Waals surface area (Å²) in [7, 11) is 0. The van der Waals surface area contributed by atoms with Crippen molar-refractivity contribution >= 4 is 24.2 Å². The number of carbonyl (C=O) groups excluding carboxylic acids is 2. The molecule has 2 aromatic carbocycles. The third kappa shape index (κ3) is 6.59. The van der Waals surface area contributed by atoms with E-state index in [1.807, 2.05) is 0 Å². The maximum Gasteiger partial charge on any atom is 0.511 e. The highest BCUT2D eigenvalue weighted by Gasteiger charge is 2.49. The molecule has 2 N–H and O–H groups in total. The molecule has 0 aliphatic carbocycles. The fourth-order valence-corrected chi connectivity index (χ4v) is 5.49. The van der Waals surface area contributed by atoms with Crippen molar-refractivity contribution in [1.82, 2.24) is 35.5 Å². The van der Waals surface area contributed by atoms with E-state index in [9.17, 15) is 19.1 Å². The number of β-amino-alcohol motifs (C(OH)–C–C–N with tert-alkyl or cyclic N) is 1. The van der Waals surface area contributed by atoms with Gasteiger partial charge in [0.15, 0.2) is 18.4 Å². The van der Waals surface area contributed by atoms with Crippen LogP contribution in [0.15, 0.2) is 48.8 Å². The normalized spacial score (nSPS) is 19.3. The van der Waals surface area contributed by atoms with Gasteiger partial charge in [-0.1, -0.05) is 6.07 Å². The Hall–Kier alpha value is -4.78. The van der Waals surface area contributed by atoms with Crippen LogP contribution < -0.4 is 10.3 Å². The molecule has 2 atom stereocenters. The summed E-state index contributed by atoms with van der Waals surface area (Å²) in [6.45, 7) is 2.41. The molecule has 2 saturated heterocycles. The highest BCUT2D eigenvalue weighted by Crippen LogP contribution is 2.34. The summed E-state index contributed by atoms with van der Waals surface area (Å²) in [5.74, 6) is -1.77. The number of hydrogen-bond acceptors (Lipinski definition) is 12. The lowest BCUT2D eigenvalue weighted by molar-refractivity contribution is -0.554. The SMILES string of the molecule is C[C@@H](N1CCN(c2ccc(-n3cnnn3)cc2)C1=O)[C@](O)(CN1C=[N+](COC(=O)OC2COCOC2)CN1)c1ccc(F)cc1F. The van der Waals surface area contributed by atoms with Crippen molar-refractivity contribution in [2.75, 3.05) is 57.9 Å². The predicted molar refractivity (Wildman–Crippen MR) is 152 cm³/mol. The summed E-state index contributed by atoms with van der Waals surface area (Å²) in [6, 6.07) is 8.56. The maximum absolute atomic E-state index is 15.3. The number of amides is 2. The van der Waals surface area contributed by atoms with E-state index in [1.54, 1.807) is 40.7 Å². The lowest BCUT2D eigenvalue weighted by Crippen LogP contribution is -2.57. The van der Waals surface area contributed by atoms with Gasteiger partial charge in [-0.15, -0.1) is 10.5 Å². The minimum atomic E-state index is -2.02. The number of ether oxygens (including phenoxy) is 4. The molecule has 0 bridgehead atoms. The Balaban J connectivity index is 1.16. The molecule has 2 amide bonds. The molecule has 18 heteroatoms. The Bertz CT molecular complexity index is 1570. The first-order valence-corrected chi connectivity index (χ1v) is 14.4. The van der Waals surface area contributed by atoms with Crippen LogP contribution >= 0.6 is 0 Å². The first kappa shape index (κ1) is 31.2. The van der Waals surface area contributed by atoms with Crippen LogP contribution in [0.25, 0.3) is 5.69 Å². The van der Waals surface area contributed by atoms with Gasteiger partial charge in [0.25, 0.3) is 6.34 Å². The molecule has 2 fully saturated rings. The number of tetrazole rings is 1. The number of anilines is 1. The van der Waals surface area contributed by atoms with E-state index in [0.29, 0.717) is 24.0 Å². The average Bonchev–Trinajstić information content (AvgIpc) is 3.82. The first-order valence-electron chi connectivity index (χ1n) is 14.4. The second-order valence-electron chi connectivity index (χ2n) is 10.9. The Morgan fingerprint density at radius 1 is 1.17 bits per heavy atom. The van der Waals surface area contributed by atoms with Crippen LogP contribution in [0.5, 0.6) is 0 Å². The van der Waals surface area contributed by atoms with Gasteiger partial charge in [0, 0.05) is 30.4 Å². The van der Waals surface area contributed by atoms with Gasteiger partial charge in [0.1, 0.15) is 31.3 Å². The molecule has 3 aliphatic rings. The molecule has 1 aromatic heterocycles. The van der Waals surface area contributed by atoms with Crippen LogP contribution in [0.1, 0.15) is 12.5 Å². The molecule has 4 heterocycles. The summed E-state index contributed by atoms with van der Waals surface area (Å²) < 4.78 is 52.7. The fraction of sp³-hybridized carbons (Fsp3) is 0.429. The average molecular weight is 645 g/mol. The van der Waals surface area contributed by atoms with Gasteiger partial charge in [-0.3, -0.25) is 4.90 Å². The van der Waals surface area contributed by atoms with E-state index in [1.165, 1.54) is 33.3 Å². The van der Waals surface area contributed by atoms with Crippen LogP contribution in [0, 0.1) is 11.6 Å². The van der Waals surface area contributed by atoms with Crippen molar-refractivity contribution in [3.63, 3.8) is 0 Å². The molecule has 6 rings (SSSR count). The van der Waals surface area contributed by atoms with Gasteiger partial charge in [-0.05, 0) is 47.7 Å². The van der Waals surface area contributed by atoms with E-state index in [2.05, 4.69) is 21.0 Å². The van der Waals surface area contributed by atoms with E-state index < -0.39 is 41.6 Å². The van der Waals surface area contributed by atoms with Gasteiger partial charge < -0.3 is 29.0 Å². The zero-order chi connectivity index (χ0) is 32.3. The van der Waals surface area contributed by atoms with Crippen molar-refractivity contribution in [3.05, 3.63) is 66.0 Å². The van der Waals surface area contributed by atoms with E-state index in [4.69, 9.17) is 18.9 Å². The third-order valence-corrected chi connectivity index (χ3v) is 7.95. The van der Waals surface area contributed by atoms with Gasteiger partial charge >= 0.3 is 12.2 Å². The van der Waals surface area contributed by atoms with Gasteiger partial charge in [0.05, 0.1) is 24.9 Å². The van der Waals surface area contributed by atoms with Crippen LogP contribution in [-0.2, 0) is 24.5 Å². The highest BCUT2D eigenvalue weighted by molar-refractivity contribution is 5.94. The van der Waals surface area contributed by atoms with E-state index >= 15 is 4.39 Å². The van der Waals surface area contributed by atoms with Gasteiger partial charge in [-0.2, -0.15) is 5.01 Å². The molecule has 244 valence electrons. The minimum absolute atomic E-state index is 0.133. The number of carbonyl (C=O) groups is 2. The number of benzene rings is 2. The zero-order valence-electron chi connectivity index (χ0n) is 24.7. The molecule has 16 nitrogen and oxygen atoms in total. The molecule has 46 heavy (non-hydrogen) atoms. The lowest BCUT2D eigenvalue weighted by atomic mass is 9.85. The summed E-state index contributed by atoms with van der Waals surface area (Å²) in [5.41, 5.74) is 2.12. The second-order valence-corrected chi connectivity index (χ2v) is 10.9. The number of hydrogen-bond donors (Lipinski definition) is 2. The fourth-order valence-electron chi connectivity index (χ4n) is 5.49. The quantitative estimate of drug-likeness (QED) is 0.236. The number of halogens is 2. The Labute approximate surface area is 261 Å². The van der Waals surface area contributed by atoms with Crippen molar-refractivity contribution < 1.29 is 47.0 Å². The standard InChI is InChI=1S/C28H32F2N9O7/c1-19(37-8-9-38(26(37)40)21-3-5-22(6-4-21)39-14-31-33-34-39)28(42,24-7-2-20(29)10-25(24)30)13-36-16-35(15-32-36)17-45-27(41)46-23-11-43-18-44-12-23/h2-7,10,14,16,19,23,32,42H,8-9,11-13,15,17-18H2,1H3/q+1/t19-,28-/m1/s1. The number of aliphatic hydroxyl groups is 1. The smallest absolute Gasteiger partial charge is 0.426 e. The van der Waals surface area contributed by atoms with Crippen LogP contribution in [0.3, 0.4) is 0 Å². The van der Waals surface area contributed by atoms with Gasteiger partial charge in [0.2, 0.25) is 6.73 Å². The molecule has 3 aliphatic heterocycles. The van der Waals surface area contributed by atoms with Crippen molar-refractivity contribution in [1.29, 1.82) is 0 Å². The van der Waals surface area contributed by atoms with E-state index in [-0.39, 0.29) is 52.1 Å². The summed E-state index contributed by atoms with van der Waals surface area (Å²) in [4.78, 5) is 28.8. The molecule has 0 radical (unpaired) electrons. The monoisotopic (exact) mass is 644 g/mol. The van der Waals surface area contributed by atoms with Crippen molar-refractivity contribution in [2.45, 2.75) is 24.7 Å². The Morgan fingerprint density at radius 2 is 1.93 bits per heavy atom. The molecule has 0 spiro atoms. The lowest BCUT2D eigenvalue weighted by Gasteiger charge is -2.39. The minimum Gasteiger partial charge on any atom is -0.426 e. The largest absolute Gasteiger partial charge is 0.511 e. The Morgan fingerprint density at radius 3 is 2.65 bits per heavy atom. The maximum atomic E-state index is 15.3. The molecule has 3 aromatic rings. The molecular formula is C28H32F2N9O7+. The number of nitrogens with zero attached hydrogens (tertiary/aromatic N) is 8. The predicted octanol–water partition coefficient (Wildman–Crippen LogP) is 0.761. The molecule has 0 saturated carbocycles. The number of urea groups is 1. The topological polar surface area (TPSA) is 160 Å². The van der Waals surface area contributed by atoms with Crippen LogP contribution in [0.2, 0.25) is 0 Å². The molecule has 0 unspecified atom stereocenters. The van der Waals surface area contributed by atoms with Crippen LogP contribution in [0.4, 0.5) is 24.1 Å². The Kier molecular flexibility index (Phi) is 9.02. The zero-order valence-corrected chi connectivity index (χ0v) is 24.7. The summed E-state index contributed by atoms with van der Waals surface area (Å²) in [5, 5.41) is 24.8. The van der Waals surface area contributed by atoms with Crippen molar-refractivity contribution in [3.8, 4) is 5.69 Å². The van der Waals surface area contributed by atoms with E-state index in [0.717, 1.165) is 6.07 Å². The number of hydrazine groups is 1. The summed E-state index contributed by atoms with van der Waals surface area (Å²) >= 11 is 0. The third-order valence-electron chi connectivity index (χ3n) is 7.95. The van der Waals surface area contributed by atoms with Crippen molar-refractivity contribution in [2.24, 2.45) is 0 Å². The number of rotatable bonds is 10. The summed E-state index contributed by atoms with van der Waals surface area (Å²) in [6.07, 6.45) is 1.49. The van der Waals surface area contributed by atoms with Gasteiger partial charge in [-0.25, -0.2) is 27.6 Å². The van der Waals surface area contributed by atoms with Crippen LogP contribution in [-0.4, -0.2) is 124 Å². The second kappa shape index (κ2) is 13.3. The molecular weight excluding hydrogens is 612 g/mol. The number of nitrogens with one attached hydrogen (secondary N) is 1. The first-order chi connectivity index (χ1) is 22.2. The highest BCUT2D eigenvalue weighted by atomic mass is 19.1.